The van der Waals surface area contributed by atoms with Crippen LogP contribution >= 0.6 is 0 Å². The van der Waals surface area contributed by atoms with Crippen molar-refractivity contribution in [2.24, 2.45) is 5.73 Å². The summed E-state index contributed by atoms with van der Waals surface area (Å²) in [6.45, 7) is 7.21. The van der Waals surface area contributed by atoms with Gasteiger partial charge in [-0.25, -0.2) is 0 Å². The van der Waals surface area contributed by atoms with Gasteiger partial charge in [0.2, 0.25) is 0 Å². The second-order valence-corrected chi connectivity index (χ2v) is 9.58. The molecule has 2 aliphatic rings. The maximum Gasteiger partial charge on any atom is 0.251 e. The third kappa shape index (κ3) is 5.69. The van der Waals surface area contributed by atoms with Gasteiger partial charge in [0.15, 0.2) is 5.76 Å². The van der Waals surface area contributed by atoms with Crippen LogP contribution in [0, 0.1) is 5.41 Å². The van der Waals surface area contributed by atoms with Gasteiger partial charge in [-0.2, -0.15) is 0 Å². The SMILES string of the molecule is CC(N)OC(=N)c1cc2c(OCCCN3CCC(c4ccc5c(c4)COCC5)CC3)cccc2o1. The summed E-state index contributed by atoms with van der Waals surface area (Å²) in [7, 11) is 0. The predicted octanol–water partition coefficient (Wildman–Crippen LogP) is 4.80. The van der Waals surface area contributed by atoms with Gasteiger partial charge >= 0.3 is 0 Å². The van der Waals surface area contributed by atoms with E-state index in [0.717, 1.165) is 56.8 Å². The van der Waals surface area contributed by atoms with Gasteiger partial charge in [0.25, 0.3) is 5.90 Å². The summed E-state index contributed by atoms with van der Waals surface area (Å²) >= 11 is 0. The molecule has 0 radical (unpaired) electrons. The quantitative estimate of drug-likeness (QED) is 0.209. The van der Waals surface area contributed by atoms with E-state index >= 15 is 0 Å². The average molecular weight is 478 g/mol. The molecule has 0 saturated carbocycles. The molecule has 5 rings (SSSR count). The minimum absolute atomic E-state index is 0.0747. The smallest absolute Gasteiger partial charge is 0.251 e. The highest BCUT2D eigenvalue weighted by Crippen LogP contribution is 2.31. The Kier molecular flexibility index (Phi) is 7.37. The summed E-state index contributed by atoms with van der Waals surface area (Å²) in [6, 6.07) is 14.5. The molecule has 2 aromatic carbocycles. The largest absolute Gasteiger partial charge is 0.493 e. The van der Waals surface area contributed by atoms with Crippen LogP contribution < -0.4 is 10.5 Å². The average Bonchev–Trinajstić information content (AvgIpc) is 3.32. The van der Waals surface area contributed by atoms with E-state index in [4.69, 9.17) is 29.8 Å². The highest BCUT2D eigenvalue weighted by molar-refractivity contribution is 5.96. The second kappa shape index (κ2) is 10.8. The van der Waals surface area contributed by atoms with E-state index < -0.39 is 6.23 Å². The van der Waals surface area contributed by atoms with E-state index in [2.05, 4.69) is 23.1 Å². The molecule has 186 valence electrons. The highest BCUT2D eigenvalue weighted by Gasteiger charge is 2.22. The summed E-state index contributed by atoms with van der Waals surface area (Å²) in [6.07, 6.45) is 3.84. The van der Waals surface area contributed by atoms with Crippen LogP contribution in [0.1, 0.15) is 54.6 Å². The Morgan fingerprint density at radius 2 is 2.03 bits per heavy atom. The number of piperidine rings is 1. The van der Waals surface area contributed by atoms with Crippen LogP contribution in [0.5, 0.6) is 5.75 Å². The van der Waals surface area contributed by atoms with Gasteiger partial charge in [-0.1, -0.05) is 24.3 Å². The molecule has 3 heterocycles. The number of nitrogens with zero attached hydrogens (tertiary/aromatic N) is 1. The molecule has 1 atom stereocenters. The Hall–Kier alpha value is -2.87. The third-order valence-electron chi connectivity index (χ3n) is 6.99. The van der Waals surface area contributed by atoms with Gasteiger partial charge in [0, 0.05) is 12.6 Å². The zero-order valence-electron chi connectivity index (χ0n) is 20.4. The van der Waals surface area contributed by atoms with Gasteiger partial charge in [-0.05, 0) is 80.4 Å². The molecule has 0 bridgehead atoms. The van der Waals surface area contributed by atoms with Crippen molar-refractivity contribution in [2.45, 2.75) is 51.4 Å². The molecule has 7 heteroatoms. The van der Waals surface area contributed by atoms with E-state index in [9.17, 15) is 0 Å². The van der Waals surface area contributed by atoms with Crippen molar-refractivity contribution < 1.29 is 18.6 Å². The molecule has 1 saturated heterocycles. The second-order valence-electron chi connectivity index (χ2n) is 9.58. The number of nitrogens with one attached hydrogen (secondary N) is 1. The van der Waals surface area contributed by atoms with E-state index in [1.165, 1.54) is 29.5 Å². The molecular formula is C28H35N3O4. The number of rotatable bonds is 8. The number of hydrogen-bond acceptors (Lipinski definition) is 7. The predicted molar refractivity (Wildman–Crippen MR) is 136 cm³/mol. The van der Waals surface area contributed by atoms with Gasteiger partial charge < -0.3 is 23.5 Å². The van der Waals surface area contributed by atoms with Gasteiger partial charge in [-0.3, -0.25) is 11.1 Å². The molecule has 0 amide bonds. The fourth-order valence-electron chi connectivity index (χ4n) is 5.12. The topological polar surface area (TPSA) is 93.9 Å². The van der Waals surface area contributed by atoms with E-state index in [1.807, 2.05) is 18.2 Å². The van der Waals surface area contributed by atoms with Gasteiger partial charge in [-0.15, -0.1) is 0 Å². The Morgan fingerprint density at radius 3 is 2.86 bits per heavy atom. The molecule has 3 N–H and O–H groups in total. The lowest BCUT2D eigenvalue weighted by Crippen LogP contribution is -2.34. The maximum absolute atomic E-state index is 8.01. The zero-order valence-corrected chi connectivity index (χ0v) is 20.4. The van der Waals surface area contributed by atoms with Crippen LogP contribution in [0.2, 0.25) is 0 Å². The van der Waals surface area contributed by atoms with Crippen molar-refractivity contribution in [3.8, 4) is 5.75 Å². The number of nitrogens with two attached hydrogens (primary N) is 1. The molecular weight excluding hydrogens is 442 g/mol. The Bertz CT molecular complexity index is 1160. The number of furan rings is 1. The lowest BCUT2D eigenvalue weighted by atomic mass is 9.87. The third-order valence-corrected chi connectivity index (χ3v) is 6.99. The fourth-order valence-corrected chi connectivity index (χ4v) is 5.12. The summed E-state index contributed by atoms with van der Waals surface area (Å²) in [5.41, 5.74) is 10.6. The fraction of sp³-hybridized carbons (Fsp3) is 0.464. The first-order chi connectivity index (χ1) is 17.1. The number of fused-ring (bicyclic) bond motifs is 2. The van der Waals surface area contributed by atoms with Crippen molar-refractivity contribution in [1.82, 2.24) is 4.90 Å². The summed E-state index contributed by atoms with van der Waals surface area (Å²) < 4.78 is 22.7. The Labute approximate surface area is 206 Å². The number of ether oxygens (including phenoxy) is 3. The van der Waals surface area contributed by atoms with Crippen LogP contribution in [0.25, 0.3) is 11.0 Å². The standard InChI is InChI=1S/C28H35N3O4/c1-19(29)34-28(30)27-17-24-25(4-2-5-26(24)35-27)33-14-3-11-31-12-8-21(9-13-31)22-7-6-20-10-15-32-18-23(20)16-22/h2,4-7,16-17,19,21,30H,3,8-15,18,29H2,1H3. The van der Waals surface area contributed by atoms with E-state index in [-0.39, 0.29) is 5.90 Å². The number of hydrogen-bond donors (Lipinski definition) is 2. The molecule has 7 nitrogen and oxygen atoms in total. The molecule has 1 aromatic heterocycles. The maximum atomic E-state index is 8.01. The summed E-state index contributed by atoms with van der Waals surface area (Å²) in [5.74, 6) is 1.69. The van der Waals surface area contributed by atoms with Crippen LogP contribution in [-0.2, 0) is 22.5 Å². The Balaban J connectivity index is 1.09. The van der Waals surface area contributed by atoms with Crippen LogP contribution in [-0.4, -0.2) is 49.9 Å². The molecule has 35 heavy (non-hydrogen) atoms. The minimum atomic E-state index is -0.566. The normalized spacial score (nSPS) is 17.8. The monoisotopic (exact) mass is 477 g/mol. The van der Waals surface area contributed by atoms with Crippen molar-refractivity contribution >= 4 is 16.9 Å². The molecule has 3 aromatic rings. The molecule has 0 aliphatic carbocycles. The molecule has 1 fully saturated rings. The summed E-state index contributed by atoms with van der Waals surface area (Å²) in [4.78, 5) is 2.55. The molecule has 2 aliphatic heterocycles. The minimum Gasteiger partial charge on any atom is -0.493 e. The number of benzene rings is 2. The lowest BCUT2D eigenvalue weighted by Gasteiger charge is -2.32. The lowest BCUT2D eigenvalue weighted by molar-refractivity contribution is 0.110. The zero-order chi connectivity index (χ0) is 24.2. The van der Waals surface area contributed by atoms with Crippen molar-refractivity contribution in [3.05, 3.63) is 64.9 Å². The van der Waals surface area contributed by atoms with Crippen LogP contribution in [0.3, 0.4) is 0 Å². The van der Waals surface area contributed by atoms with Gasteiger partial charge in [0.05, 0.1) is 25.2 Å². The van der Waals surface area contributed by atoms with E-state index in [1.54, 1.807) is 13.0 Å². The van der Waals surface area contributed by atoms with Crippen LogP contribution in [0.15, 0.2) is 46.9 Å². The highest BCUT2D eigenvalue weighted by atomic mass is 16.5. The van der Waals surface area contributed by atoms with Gasteiger partial charge in [0.1, 0.15) is 17.6 Å². The molecule has 0 spiro atoms. The Morgan fingerprint density at radius 1 is 1.17 bits per heavy atom. The van der Waals surface area contributed by atoms with Crippen LogP contribution in [0.4, 0.5) is 0 Å². The first kappa shape index (κ1) is 23.9. The summed E-state index contributed by atoms with van der Waals surface area (Å²) in [5, 5.41) is 8.85. The number of likely N-dealkylation sites (tertiary alicyclic amines) is 1. The first-order valence-electron chi connectivity index (χ1n) is 12.6. The molecule has 1 unspecified atom stereocenters. The first-order valence-corrected chi connectivity index (χ1v) is 12.6. The van der Waals surface area contributed by atoms with E-state index in [0.29, 0.717) is 23.9 Å². The van der Waals surface area contributed by atoms with Crippen molar-refractivity contribution in [1.29, 1.82) is 5.41 Å². The van der Waals surface area contributed by atoms with Crippen molar-refractivity contribution in [3.63, 3.8) is 0 Å². The van der Waals surface area contributed by atoms with Crippen molar-refractivity contribution in [2.75, 3.05) is 32.8 Å².